The molecule has 1 aliphatic heterocycles. The van der Waals surface area contributed by atoms with Gasteiger partial charge in [-0.25, -0.2) is 0 Å². The average Bonchev–Trinajstić information content (AvgIpc) is 2.86. The van der Waals surface area contributed by atoms with E-state index in [9.17, 15) is 0 Å². The molecule has 18 heavy (non-hydrogen) atoms. The Labute approximate surface area is 112 Å². The van der Waals surface area contributed by atoms with Crippen molar-refractivity contribution < 1.29 is 4.74 Å². The Bertz CT molecular complexity index is 271. The summed E-state index contributed by atoms with van der Waals surface area (Å²) in [5.74, 6) is 0. The van der Waals surface area contributed by atoms with Crippen molar-refractivity contribution in [2.75, 3.05) is 19.7 Å². The highest BCUT2D eigenvalue weighted by Gasteiger charge is 2.45. The number of likely N-dealkylation sites (N-methyl/N-ethyl adjacent to an activating group) is 1. The SMILES string of the molecule is CCNC(C)C(C)(CC)N1CCOC2CCCC21. The molecule has 0 radical (unpaired) electrons. The van der Waals surface area contributed by atoms with Crippen molar-refractivity contribution in [2.24, 2.45) is 0 Å². The molecule has 2 rings (SSSR count). The molecule has 2 fully saturated rings. The van der Waals surface area contributed by atoms with E-state index >= 15 is 0 Å². The van der Waals surface area contributed by atoms with Gasteiger partial charge in [-0.2, -0.15) is 0 Å². The fourth-order valence-corrected chi connectivity index (χ4v) is 3.84. The molecule has 0 amide bonds. The van der Waals surface area contributed by atoms with Gasteiger partial charge in [0.15, 0.2) is 0 Å². The third-order valence-electron chi connectivity index (χ3n) is 5.30. The summed E-state index contributed by atoms with van der Waals surface area (Å²) in [7, 11) is 0. The van der Waals surface area contributed by atoms with Crippen LogP contribution in [-0.4, -0.2) is 48.3 Å². The number of fused-ring (bicyclic) bond motifs is 1. The van der Waals surface area contributed by atoms with Gasteiger partial charge in [0.05, 0.1) is 12.7 Å². The highest BCUT2D eigenvalue weighted by Crippen LogP contribution is 2.36. The van der Waals surface area contributed by atoms with Gasteiger partial charge in [0.2, 0.25) is 0 Å². The van der Waals surface area contributed by atoms with E-state index in [-0.39, 0.29) is 5.54 Å². The van der Waals surface area contributed by atoms with Crippen molar-refractivity contribution in [1.82, 2.24) is 10.2 Å². The second-order valence-electron chi connectivity index (χ2n) is 6.09. The highest BCUT2D eigenvalue weighted by molar-refractivity contribution is 5.01. The third-order valence-corrected chi connectivity index (χ3v) is 5.30. The van der Waals surface area contributed by atoms with Crippen LogP contribution < -0.4 is 5.32 Å². The van der Waals surface area contributed by atoms with Gasteiger partial charge in [-0.1, -0.05) is 13.8 Å². The molecule has 0 aromatic rings. The Balaban J connectivity index is 2.14. The summed E-state index contributed by atoms with van der Waals surface area (Å²) in [5, 5.41) is 3.63. The molecule has 0 aromatic carbocycles. The lowest BCUT2D eigenvalue weighted by atomic mass is 9.85. The third kappa shape index (κ3) is 2.45. The molecule has 4 unspecified atom stereocenters. The molecular formula is C15H30N2O. The summed E-state index contributed by atoms with van der Waals surface area (Å²) in [4.78, 5) is 2.75. The molecule has 0 aromatic heterocycles. The Morgan fingerprint density at radius 1 is 1.39 bits per heavy atom. The normalized spacial score (nSPS) is 34.0. The van der Waals surface area contributed by atoms with E-state index in [0.29, 0.717) is 18.2 Å². The zero-order valence-electron chi connectivity index (χ0n) is 12.5. The molecule has 4 atom stereocenters. The number of ether oxygens (including phenoxy) is 1. The second-order valence-corrected chi connectivity index (χ2v) is 6.09. The largest absolute Gasteiger partial charge is 0.375 e. The van der Waals surface area contributed by atoms with Gasteiger partial charge < -0.3 is 10.1 Å². The Morgan fingerprint density at radius 2 is 2.17 bits per heavy atom. The summed E-state index contributed by atoms with van der Waals surface area (Å²) in [6, 6.07) is 1.19. The van der Waals surface area contributed by atoms with Crippen LogP contribution in [0.5, 0.6) is 0 Å². The highest BCUT2D eigenvalue weighted by atomic mass is 16.5. The number of rotatable bonds is 5. The van der Waals surface area contributed by atoms with E-state index in [1.165, 1.54) is 25.7 Å². The average molecular weight is 254 g/mol. The van der Waals surface area contributed by atoms with E-state index in [1.807, 2.05) is 0 Å². The molecule has 0 spiro atoms. The van der Waals surface area contributed by atoms with Crippen LogP contribution in [0.25, 0.3) is 0 Å². The predicted molar refractivity (Wildman–Crippen MR) is 75.9 cm³/mol. The molecule has 1 heterocycles. The van der Waals surface area contributed by atoms with E-state index in [1.54, 1.807) is 0 Å². The van der Waals surface area contributed by atoms with Crippen LogP contribution in [0.15, 0.2) is 0 Å². The van der Waals surface area contributed by atoms with Crippen molar-refractivity contribution >= 4 is 0 Å². The minimum Gasteiger partial charge on any atom is -0.375 e. The Morgan fingerprint density at radius 3 is 2.83 bits per heavy atom. The quantitative estimate of drug-likeness (QED) is 0.815. The van der Waals surface area contributed by atoms with Crippen LogP contribution in [0.4, 0.5) is 0 Å². The summed E-state index contributed by atoms with van der Waals surface area (Å²) in [6.45, 7) is 12.4. The van der Waals surface area contributed by atoms with Gasteiger partial charge in [-0.05, 0) is 46.1 Å². The number of hydrogen-bond donors (Lipinski definition) is 1. The zero-order valence-corrected chi connectivity index (χ0v) is 12.5. The van der Waals surface area contributed by atoms with Gasteiger partial charge in [0.25, 0.3) is 0 Å². The molecule has 2 aliphatic rings. The smallest absolute Gasteiger partial charge is 0.0731 e. The van der Waals surface area contributed by atoms with E-state index in [4.69, 9.17) is 4.74 Å². The summed E-state index contributed by atoms with van der Waals surface area (Å²) in [6.07, 6.45) is 5.61. The van der Waals surface area contributed by atoms with Crippen molar-refractivity contribution in [3.63, 3.8) is 0 Å². The van der Waals surface area contributed by atoms with Crippen LogP contribution in [0.2, 0.25) is 0 Å². The molecule has 1 saturated carbocycles. The standard InChI is InChI=1S/C15H30N2O/c1-5-15(4,12(3)16-6-2)17-10-11-18-14-9-7-8-13(14)17/h12-14,16H,5-11H2,1-4H3. The van der Waals surface area contributed by atoms with Crippen LogP contribution in [0, 0.1) is 0 Å². The Kier molecular flexibility index (Phi) is 4.68. The lowest BCUT2D eigenvalue weighted by Gasteiger charge is -2.51. The first-order valence-electron chi connectivity index (χ1n) is 7.75. The fourth-order valence-electron chi connectivity index (χ4n) is 3.84. The van der Waals surface area contributed by atoms with Gasteiger partial charge in [0, 0.05) is 24.2 Å². The molecule has 1 saturated heterocycles. The van der Waals surface area contributed by atoms with Crippen molar-refractivity contribution in [2.45, 2.75) is 77.1 Å². The lowest BCUT2D eigenvalue weighted by Crippen LogP contribution is -2.65. The molecule has 3 nitrogen and oxygen atoms in total. The maximum Gasteiger partial charge on any atom is 0.0731 e. The number of nitrogens with one attached hydrogen (secondary N) is 1. The maximum atomic E-state index is 5.95. The monoisotopic (exact) mass is 254 g/mol. The number of nitrogens with zero attached hydrogens (tertiary/aromatic N) is 1. The van der Waals surface area contributed by atoms with Gasteiger partial charge in [0.1, 0.15) is 0 Å². The lowest BCUT2D eigenvalue weighted by molar-refractivity contribution is -0.104. The minimum atomic E-state index is 0.257. The first-order valence-corrected chi connectivity index (χ1v) is 7.75. The molecular weight excluding hydrogens is 224 g/mol. The summed E-state index contributed by atoms with van der Waals surface area (Å²) in [5.41, 5.74) is 0.257. The van der Waals surface area contributed by atoms with E-state index in [2.05, 4.69) is 37.9 Å². The predicted octanol–water partition coefficient (Wildman–Crippen LogP) is 2.41. The van der Waals surface area contributed by atoms with Crippen molar-refractivity contribution in [1.29, 1.82) is 0 Å². The van der Waals surface area contributed by atoms with Crippen LogP contribution in [-0.2, 0) is 4.74 Å². The zero-order chi connectivity index (χ0) is 13.2. The van der Waals surface area contributed by atoms with E-state index in [0.717, 1.165) is 19.7 Å². The summed E-state index contributed by atoms with van der Waals surface area (Å²) >= 11 is 0. The topological polar surface area (TPSA) is 24.5 Å². The first kappa shape index (κ1) is 14.3. The summed E-state index contributed by atoms with van der Waals surface area (Å²) < 4.78 is 5.95. The second kappa shape index (κ2) is 5.89. The number of morpholine rings is 1. The fraction of sp³-hybridized carbons (Fsp3) is 1.00. The van der Waals surface area contributed by atoms with Crippen LogP contribution >= 0.6 is 0 Å². The van der Waals surface area contributed by atoms with Crippen molar-refractivity contribution in [3.05, 3.63) is 0 Å². The molecule has 0 bridgehead atoms. The molecule has 1 N–H and O–H groups in total. The minimum absolute atomic E-state index is 0.257. The van der Waals surface area contributed by atoms with E-state index < -0.39 is 0 Å². The molecule has 3 heteroatoms. The Hall–Kier alpha value is -0.120. The van der Waals surface area contributed by atoms with Crippen molar-refractivity contribution in [3.8, 4) is 0 Å². The molecule has 106 valence electrons. The van der Waals surface area contributed by atoms with Gasteiger partial charge >= 0.3 is 0 Å². The maximum absolute atomic E-state index is 5.95. The van der Waals surface area contributed by atoms with Crippen LogP contribution in [0.3, 0.4) is 0 Å². The van der Waals surface area contributed by atoms with Gasteiger partial charge in [-0.3, -0.25) is 4.90 Å². The first-order chi connectivity index (χ1) is 8.63. The molecule has 1 aliphatic carbocycles. The number of hydrogen-bond acceptors (Lipinski definition) is 3. The van der Waals surface area contributed by atoms with Crippen LogP contribution in [0.1, 0.15) is 53.4 Å². The van der Waals surface area contributed by atoms with Gasteiger partial charge in [-0.15, -0.1) is 0 Å².